The van der Waals surface area contributed by atoms with Crippen LogP contribution < -0.4 is 15.4 Å². The summed E-state index contributed by atoms with van der Waals surface area (Å²) in [4.78, 5) is 32.5. The number of anilines is 3. The molecule has 0 aromatic carbocycles. The van der Waals surface area contributed by atoms with Crippen molar-refractivity contribution in [3.8, 4) is 5.88 Å². The number of rotatable bonds is 6. The standard InChI is InChI=1S/C22H22FN7O2/c1-22(2,3)30-21-17-14(10-25-20(17)26-11-27-21)18(31)13-6-7-15(29-19(13)23)28-12-5-8-16(32-4)24-9-12/h5-11H,1-4H3,(H,28,29)(H2,25,26,27,30). The van der Waals surface area contributed by atoms with Crippen molar-refractivity contribution in [1.82, 2.24) is 24.9 Å². The molecule has 0 amide bonds. The monoisotopic (exact) mass is 435 g/mol. The van der Waals surface area contributed by atoms with Gasteiger partial charge < -0.3 is 20.4 Å². The molecule has 4 rings (SSSR count). The summed E-state index contributed by atoms with van der Waals surface area (Å²) in [7, 11) is 1.52. The lowest BCUT2D eigenvalue weighted by atomic mass is 10.0. The first-order valence-electron chi connectivity index (χ1n) is 9.84. The highest BCUT2D eigenvalue weighted by Gasteiger charge is 2.23. The predicted molar refractivity (Wildman–Crippen MR) is 119 cm³/mol. The first-order valence-corrected chi connectivity index (χ1v) is 9.84. The third kappa shape index (κ3) is 4.34. The number of H-pyrrole nitrogens is 1. The molecule has 0 saturated carbocycles. The molecule has 3 N–H and O–H groups in total. The molecular weight excluding hydrogens is 413 g/mol. The summed E-state index contributed by atoms with van der Waals surface area (Å²) < 4.78 is 19.8. The molecule has 4 heterocycles. The molecule has 0 aliphatic rings. The van der Waals surface area contributed by atoms with Gasteiger partial charge in [-0.25, -0.2) is 19.9 Å². The Balaban J connectivity index is 1.64. The Kier molecular flexibility index (Phi) is 5.43. The van der Waals surface area contributed by atoms with Crippen molar-refractivity contribution >= 4 is 34.1 Å². The number of carbonyl (C=O) groups excluding carboxylic acids is 1. The summed E-state index contributed by atoms with van der Waals surface area (Å²) in [5.41, 5.74) is 0.884. The lowest BCUT2D eigenvalue weighted by Gasteiger charge is -2.21. The molecule has 32 heavy (non-hydrogen) atoms. The van der Waals surface area contributed by atoms with Crippen molar-refractivity contribution < 1.29 is 13.9 Å². The van der Waals surface area contributed by atoms with E-state index in [2.05, 4.69) is 35.6 Å². The van der Waals surface area contributed by atoms with Gasteiger partial charge in [0.2, 0.25) is 11.8 Å². The average Bonchev–Trinajstić information content (AvgIpc) is 3.18. The zero-order chi connectivity index (χ0) is 22.9. The van der Waals surface area contributed by atoms with Gasteiger partial charge in [0.15, 0.2) is 5.78 Å². The summed E-state index contributed by atoms with van der Waals surface area (Å²) >= 11 is 0. The van der Waals surface area contributed by atoms with Gasteiger partial charge in [-0.15, -0.1) is 0 Å². The summed E-state index contributed by atoms with van der Waals surface area (Å²) in [6.07, 6.45) is 4.44. The average molecular weight is 435 g/mol. The first kappa shape index (κ1) is 21.2. The van der Waals surface area contributed by atoms with E-state index in [-0.39, 0.29) is 22.5 Å². The normalized spacial score (nSPS) is 11.4. The number of halogens is 1. The highest BCUT2D eigenvalue weighted by Crippen LogP contribution is 2.28. The van der Waals surface area contributed by atoms with Gasteiger partial charge in [0, 0.05) is 17.8 Å². The topological polar surface area (TPSA) is 118 Å². The Labute approximate surface area is 183 Å². The number of fused-ring (bicyclic) bond motifs is 1. The Morgan fingerprint density at radius 1 is 1.09 bits per heavy atom. The van der Waals surface area contributed by atoms with Gasteiger partial charge in [0.05, 0.1) is 35.5 Å². The number of methoxy groups -OCH3 is 1. The van der Waals surface area contributed by atoms with Crippen LogP contribution in [0.15, 0.2) is 43.0 Å². The molecule has 164 valence electrons. The number of carbonyl (C=O) groups is 1. The Morgan fingerprint density at radius 3 is 2.56 bits per heavy atom. The summed E-state index contributed by atoms with van der Waals surface area (Å²) in [6.45, 7) is 5.92. The molecule has 0 radical (unpaired) electrons. The van der Waals surface area contributed by atoms with Crippen LogP contribution in [0.4, 0.5) is 21.7 Å². The van der Waals surface area contributed by atoms with Crippen molar-refractivity contribution in [3.05, 3.63) is 60.1 Å². The van der Waals surface area contributed by atoms with Crippen LogP contribution in [0.1, 0.15) is 36.7 Å². The predicted octanol–water partition coefficient (Wildman–Crippen LogP) is 4.08. The molecule has 0 aliphatic carbocycles. The number of ether oxygens (including phenoxy) is 1. The first-order chi connectivity index (χ1) is 15.2. The number of pyridine rings is 2. The van der Waals surface area contributed by atoms with E-state index in [9.17, 15) is 9.18 Å². The number of aromatic amines is 1. The Bertz CT molecular complexity index is 1280. The van der Waals surface area contributed by atoms with Crippen LogP contribution in [-0.2, 0) is 0 Å². The summed E-state index contributed by atoms with van der Waals surface area (Å²) in [5.74, 6) is -0.225. The van der Waals surface area contributed by atoms with Gasteiger partial charge in [-0.05, 0) is 39.0 Å². The lowest BCUT2D eigenvalue weighted by Crippen LogP contribution is -2.27. The van der Waals surface area contributed by atoms with E-state index < -0.39 is 11.7 Å². The minimum atomic E-state index is -0.891. The SMILES string of the molecule is COc1ccc(Nc2ccc(C(=O)c3c[nH]c4ncnc(NC(C)(C)C)c34)c(F)n2)cn1. The van der Waals surface area contributed by atoms with Gasteiger partial charge in [-0.2, -0.15) is 4.39 Å². The molecule has 0 spiro atoms. The van der Waals surface area contributed by atoms with E-state index >= 15 is 0 Å². The molecule has 9 nitrogen and oxygen atoms in total. The number of aromatic nitrogens is 5. The largest absolute Gasteiger partial charge is 0.481 e. The third-order valence-corrected chi connectivity index (χ3v) is 4.52. The number of ketones is 1. The minimum Gasteiger partial charge on any atom is -0.481 e. The van der Waals surface area contributed by atoms with Gasteiger partial charge in [-0.1, -0.05) is 0 Å². The summed E-state index contributed by atoms with van der Waals surface area (Å²) in [5, 5.41) is 6.70. The Morgan fingerprint density at radius 2 is 1.91 bits per heavy atom. The number of nitrogens with zero attached hydrogens (tertiary/aromatic N) is 4. The van der Waals surface area contributed by atoms with Crippen molar-refractivity contribution in [1.29, 1.82) is 0 Å². The van der Waals surface area contributed by atoms with Crippen LogP contribution in [0.2, 0.25) is 0 Å². The highest BCUT2D eigenvalue weighted by molar-refractivity contribution is 6.18. The fourth-order valence-corrected chi connectivity index (χ4v) is 3.13. The molecule has 0 unspecified atom stereocenters. The van der Waals surface area contributed by atoms with Crippen molar-refractivity contribution in [2.45, 2.75) is 26.3 Å². The third-order valence-electron chi connectivity index (χ3n) is 4.52. The molecule has 0 saturated heterocycles. The molecule has 0 fully saturated rings. The van der Waals surface area contributed by atoms with E-state index in [1.807, 2.05) is 20.8 Å². The number of hydrogen-bond acceptors (Lipinski definition) is 8. The zero-order valence-corrected chi connectivity index (χ0v) is 18.0. The quantitative estimate of drug-likeness (QED) is 0.306. The van der Waals surface area contributed by atoms with Gasteiger partial charge >= 0.3 is 0 Å². The van der Waals surface area contributed by atoms with E-state index in [0.717, 1.165) is 0 Å². The molecule has 4 aromatic heterocycles. The maximum absolute atomic E-state index is 14.8. The molecule has 0 atom stereocenters. The van der Waals surface area contributed by atoms with Crippen molar-refractivity contribution in [2.24, 2.45) is 0 Å². The summed E-state index contributed by atoms with van der Waals surface area (Å²) in [6, 6.07) is 6.31. The van der Waals surface area contributed by atoms with Crippen molar-refractivity contribution in [3.63, 3.8) is 0 Å². The smallest absolute Gasteiger partial charge is 0.226 e. The second kappa shape index (κ2) is 8.22. The minimum absolute atomic E-state index is 0.158. The van der Waals surface area contributed by atoms with Crippen LogP contribution in [0.25, 0.3) is 11.0 Å². The molecule has 10 heteroatoms. The van der Waals surface area contributed by atoms with E-state index in [1.54, 1.807) is 12.1 Å². The van der Waals surface area contributed by atoms with Gasteiger partial charge in [0.25, 0.3) is 0 Å². The second-order valence-electron chi connectivity index (χ2n) is 8.10. The lowest BCUT2D eigenvalue weighted by molar-refractivity contribution is 0.103. The molecule has 0 bridgehead atoms. The van der Waals surface area contributed by atoms with Gasteiger partial charge in [-0.3, -0.25) is 4.79 Å². The van der Waals surface area contributed by atoms with Crippen LogP contribution in [0.5, 0.6) is 5.88 Å². The van der Waals surface area contributed by atoms with Crippen LogP contribution >= 0.6 is 0 Å². The van der Waals surface area contributed by atoms with Crippen LogP contribution in [0, 0.1) is 5.95 Å². The van der Waals surface area contributed by atoms with E-state index in [1.165, 1.54) is 38.0 Å². The van der Waals surface area contributed by atoms with Crippen LogP contribution in [0.3, 0.4) is 0 Å². The fourth-order valence-electron chi connectivity index (χ4n) is 3.13. The zero-order valence-electron chi connectivity index (χ0n) is 18.0. The molecular formula is C22H22FN7O2. The maximum Gasteiger partial charge on any atom is 0.226 e. The molecule has 0 aliphatic heterocycles. The molecule has 4 aromatic rings. The van der Waals surface area contributed by atoms with Gasteiger partial charge in [0.1, 0.15) is 23.6 Å². The Hall–Kier alpha value is -4.08. The number of hydrogen-bond donors (Lipinski definition) is 3. The fraction of sp³-hybridized carbons (Fsp3) is 0.227. The maximum atomic E-state index is 14.8. The van der Waals surface area contributed by atoms with E-state index in [4.69, 9.17) is 4.74 Å². The van der Waals surface area contributed by atoms with E-state index in [0.29, 0.717) is 28.4 Å². The van der Waals surface area contributed by atoms with Crippen LogP contribution in [-0.4, -0.2) is 43.4 Å². The van der Waals surface area contributed by atoms with Crippen molar-refractivity contribution in [2.75, 3.05) is 17.7 Å². The second-order valence-corrected chi connectivity index (χ2v) is 8.10. The number of nitrogens with one attached hydrogen (secondary N) is 3. The highest BCUT2D eigenvalue weighted by atomic mass is 19.1.